The SMILES string of the molecule is COc1cnc(C(=O)N2Cc3[nH]c4c(Cl)c(Cl)ccc4c3[C@@H]2C)nc1. The maximum Gasteiger partial charge on any atom is 0.292 e. The molecule has 1 aliphatic rings. The standard InChI is InChI=1S/C17H14Cl2N4O2/c1-8-13-10-3-4-11(18)14(19)15(10)22-12(13)7-23(8)17(24)16-20-5-9(25-2)6-21-16/h3-6,8,22H,7H2,1-2H3/t8-/m0/s1. The van der Waals surface area contributed by atoms with Crippen LogP contribution in [0.5, 0.6) is 5.75 Å². The van der Waals surface area contributed by atoms with Gasteiger partial charge in [-0.1, -0.05) is 29.3 Å². The van der Waals surface area contributed by atoms with E-state index in [9.17, 15) is 4.79 Å². The van der Waals surface area contributed by atoms with E-state index < -0.39 is 0 Å². The number of benzene rings is 1. The van der Waals surface area contributed by atoms with Gasteiger partial charge in [0.05, 0.1) is 47.7 Å². The molecular formula is C17H14Cl2N4O2. The largest absolute Gasteiger partial charge is 0.494 e. The number of H-pyrrole nitrogens is 1. The molecule has 0 saturated carbocycles. The van der Waals surface area contributed by atoms with Crippen LogP contribution >= 0.6 is 23.2 Å². The summed E-state index contributed by atoms with van der Waals surface area (Å²) in [5, 5.41) is 1.97. The number of hydrogen-bond donors (Lipinski definition) is 1. The van der Waals surface area contributed by atoms with E-state index in [1.165, 1.54) is 19.5 Å². The Morgan fingerprint density at radius 3 is 2.72 bits per heavy atom. The molecule has 0 spiro atoms. The van der Waals surface area contributed by atoms with Gasteiger partial charge in [-0.15, -0.1) is 0 Å². The number of hydrogen-bond acceptors (Lipinski definition) is 4. The molecule has 128 valence electrons. The van der Waals surface area contributed by atoms with E-state index in [0.717, 1.165) is 22.2 Å². The van der Waals surface area contributed by atoms with Crippen LogP contribution in [0.15, 0.2) is 24.5 Å². The Morgan fingerprint density at radius 2 is 2.04 bits per heavy atom. The minimum atomic E-state index is -0.229. The third-order valence-electron chi connectivity index (χ3n) is 4.52. The molecule has 3 heterocycles. The van der Waals surface area contributed by atoms with E-state index in [2.05, 4.69) is 15.0 Å². The quantitative estimate of drug-likeness (QED) is 0.733. The zero-order valence-electron chi connectivity index (χ0n) is 13.5. The van der Waals surface area contributed by atoms with Crippen molar-refractivity contribution >= 4 is 40.0 Å². The molecule has 0 bridgehead atoms. The average Bonchev–Trinajstić information content (AvgIpc) is 3.15. The average molecular weight is 377 g/mol. The van der Waals surface area contributed by atoms with Crippen molar-refractivity contribution in [1.29, 1.82) is 0 Å². The number of ether oxygens (including phenoxy) is 1. The summed E-state index contributed by atoms with van der Waals surface area (Å²) in [5.74, 6) is 0.421. The van der Waals surface area contributed by atoms with Crippen LogP contribution in [0.3, 0.4) is 0 Å². The summed E-state index contributed by atoms with van der Waals surface area (Å²) in [6.45, 7) is 2.41. The zero-order valence-corrected chi connectivity index (χ0v) is 15.0. The van der Waals surface area contributed by atoms with Crippen LogP contribution in [-0.4, -0.2) is 32.9 Å². The lowest BCUT2D eigenvalue weighted by atomic mass is 10.1. The Balaban J connectivity index is 1.69. The Bertz CT molecular complexity index is 984. The number of methoxy groups -OCH3 is 1. The lowest BCUT2D eigenvalue weighted by molar-refractivity contribution is 0.0691. The molecule has 8 heteroatoms. The second-order valence-electron chi connectivity index (χ2n) is 5.86. The zero-order chi connectivity index (χ0) is 17.7. The molecule has 0 fully saturated rings. The maximum absolute atomic E-state index is 12.8. The highest BCUT2D eigenvalue weighted by Crippen LogP contribution is 2.42. The number of aromatic nitrogens is 3. The van der Waals surface area contributed by atoms with Gasteiger partial charge in [-0.2, -0.15) is 0 Å². The highest BCUT2D eigenvalue weighted by Gasteiger charge is 2.35. The van der Waals surface area contributed by atoms with Crippen molar-refractivity contribution in [3.63, 3.8) is 0 Å². The molecule has 3 aromatic rings. The molecule has 0 unspecified atom stereocenters. The van der Waals surface area contributed by atoms with E-state index in [1.54, 1.807) is 11.0 Å². The van der Waals surface area contributed by atoms with Crippen molar-refractivity contribution in [2.24, 2.45) is 0 Å². The Morgan fingerprint density at radius 1 is 1.32 bits per heavy atom. The number of rotatable bonds is 2. The molecule has 4 rings (SSSR count). The van der Waals surface area contributed by atoms with Gasteiger partial charge in [0.25, 0.3) is 5.91 Å². The first kappa shape index (κ1) is 16.2. The predicted octanol–water partition coefficient (Wildman–Crippen LogP) is 3.99. The van der Waals surface area contributed by atoms with Crippen LogP contribution in [0.4, 0.5) is 0 Å². The van der Waals surface area contributed by atoms with Crippen molar-refractivity contribution < 1.29 is 9.53 Å². The van der Waals surface area contributed by atoms with E-state index >= 15 is 0 Å². The van der Waals surface area contributed by atoms with Crippen LogP contribution in [0.1, 0.15) is 34.8 Å². The lowest BCUT2D eigenvalue weighted by Gasteiger charge is -2.21. The molecule has 1 amide bonds. The Hall–Kier alpha value is -2.31. The molecule has 0 saturated heterocycles. The van der Waals surface area contributed by atoms with Crippen molar-refractivity contribution in [1.82, 2.24) is 19.9 Å². The fourth-order valence-corrected chi connectivity index (χ4v) is 3.62. The van der Waals surface area contributed by atoms with Crippen molar-refractivity contribution in [2.75, 3.05) is 7.11 Å². The number of nitrogens with one attached hydrogen (secondary N) is 1. The van der Waals surface area contributed by atoms with Crippen molar-refractivity contribution in [3.8, 4) is 5.75 Å². The summed E-state index contributed by atoms with van der Waals surface area (Å²) < 4.78 is 5.02. The number of amides is 1. The van der Waals surface area contributed by atoms with Gasteiger partial charge in [-0.3, -0.25) is 4.79 Å². The van der Waals surface area contributed by atoms with Gasteiger partial charge in [0.1, 0.15) is 0 Å². The molecule has 1 aliphatic heterocycles. The van der Waals surface area contributed by atoms with E-state index in [0.29, 0.717) is 22.3 Å². The molecule has 1 aromatic carbocycles. The summed E-state index contributed by atoms with van der Waals surface area (Å²) in [5.41, 5.74) is 2.81. The van der Waals surface area contributed by atoms with Gasteiger partial charge in [0, 0.05) is 16.6 Å². The van der Waals surface area contributed by atoms with Gasteiger partial charge in [-0.05, 0) is 13.0 Å². The minimum absolute atomic E-state index is 0.126. The van der Waals surface area contributed by atoms with Crippen LogP contribution < -0.4 is 4.74 Å². The van der Waals surface area contributed by atoms with Gasteiger partial charge >= 0.3 is 0 Å². The van der Waals surface area contributed by atoms with Crippen molar-refractivity contribution in [3.05, 3.63) is 51.7 Å². The molecule has 0 aliphatic carbocycles. The third-order valence-corrected chi connectivity index (χ3v) is 5.32. The highest BCUT2D eigenvalue weighted by atomic mass is 35.5. The highest BCUT2D eigenvalue weighted by molar-refractivity contribution is 6.45. The monoisotopic (exact) mass is 376 g/mol. The number of aromatic amines is 1. The van der Waals surface area contributed by atoms with Gasteiger partial charge in [0.15, 0.2) is 5.75 Å². The minimum Gasteiger partial charge on any atom is -0.494 e. The van der Waals surface area contributed by atoms with Crippen LogP contribution in [0.25, 0.3) is 10.9 Å². The topological polar surface area (TPSA) is 71.1 Å². The first-order valence-corrected chi connectivity index (χ1v) is 8.42. The summed E-state index contributed by atoms with van der Waals surface area (Å²) in [6, 6.07) is 3.57. The smallest absolute Gasteiger partial charge is 0.292 e. The molecule has 0 radical (unpaired) electrons. The van der Waals surface area contributed by atoms with E-state index in [1.807, 2.05) is 13.0 Å². The molecule has 1 atom stereocenters. The number of halogens is 2. The number of nitrogens with zero attached hydrogens (tertiary/aromatic N) is 3. The first-order chi connectivity index (χ1) is 12.0. The fraction of sp³-hybridized carbons (Fsp3) is 0.235. The van der Waals surface area contributed by atoms with E-state index in [4.69, 9.17) is 27.9 Å². The number of fused-ring (bicyclic) bond motifs is 3. The summed E-state index contributed by atoms with van der Waals surface area (Å²) in [4.78, 5) is 26.0. The number of carbonyl (C=O) groups excluding carboxylic acids is 1. The molecule has 2 aromatic heterocycles. The summed E-state index contributed by atoms with van der Waals surface area (Å²) in [7, 11) is 1.53. The normalized spacial score (nSPS) is 16.3. The van der Waals surface area contributed by atoms with Crippen LogP contribution in [0, 0.1) is 0 Å². The second-order valence-corrected chi connectivity index (χ2v) is 6.64. The van der Waals surface area contributed by atoms with Gasteiger partial charge in [0.2, 0.25) is 5.82 Å². The van der Waals surface area contributed by atoms with Crippen LogP contribution in [-0.2, 0) is 6.54 Å². The van der Waals surface area contributed by atoms with Gasteiger partial charge in [-0.25, -0.2) is 9.97 Å². The number of carbonyl (C=O) groups is 1. The molecule has 1 N–H and O–H groups in total. The summed E-state index contributed by atoms with van der Waals surface area (Å²) >= 11 is 12.4. The van der Waals surface area contributed by atoms with Crippen molar-refractivity contribution in [2.45, 2.75) is 19.5 Å². The van der Waals surface area contributed by atoms with Gasteiger partial charge < -0.3 is 14.6 Å². The first-order valence-electron chi connectivity index (χ1n) is 7.66. The Kier molecular flexibility index (Phi) is 3.81. The predicted molar refractivity (Wildman–Crippen MR) is 95.2 cm³/mol. The molecule has 6 nitrogen and oxygen atoms in total. The van der Waals surface area contributed by atoms with Crippen LogP contribution in [0.2, 0.25) is 10.0 Å². The maximum atomic E-state index is 12.8. The Labute approximate surface area is 153 Å². The fourth-order valence-electron chi connectivity index (χ4n) is 3.25. The van der Waals surface area contributed by atoms with E-state index in [-0.39, 0.29) is 17.8 Å². The summed E-state index contributed by atoms with van der Waals surface area (Å²) in [6.07, 6.45) is 2.97. The molecule has 25 heavy (non-hydrogen) atoms. The second kappa shape index (κ2) is 5.89. The third kappa shape index (κ3) is 2.44. The lowest BCUT2D eigenvalue weighted by Crippen LogP contribution is -2.30. The molecular weight excluding hydrogens is 363 g/mol.